The summed E-state index contributed by atoms with van der Waals surface area (Å²) in [6.45, 7) is 0. The number of nitrogens with one attached hydrogen (secondary N) is 1. The molecule has 32 heavy (non-hydrogen) atoms. The number of rotatable bonds is 8. The number of benzene rings is 2. The number of ketones is 1. The van der Waals surface area contributed by atoms with Crippen LogP contribution < -0.4 is 0 Å². The van der Waals surface area contributed by atoms with E-state index in [2.05, 4.69) is 15.2 Å². The van der Waals surface area contributed by atoms with Crippen LogP contribution in [0.5, 0.6) is 0 Å². The van der Waals surface area contributed by atoms with E-state index in [1.54, 1.807) is 18.2 Å². The van der Waals surface area contributed by atoms with Crippen LogP contribution in [0, 0.1) is 0 Å². The monoisotopic (exact) mass is 449 g/mol. The van der Waals surface area contributed by atoms with Gasteiger partial charge in [0.25, 0.3) is 0 Å². The summed E-state index contributed by atoms with van der Waals surface area (Å²) < 4.78 is 32.1. The summed E-state index contributed by atoms with van der Waals surface area (Å²) in [4.78, 5) is 16.0. The Hall–Kier alpha value is -3.98. The van der Waals surface area contributed by atoms with E-state index < -0.39 is 21.4 Å². The molecule has 0 aliphatic rings. The number of aliphatic hydroxyl groups is 1. The number of allylic oxidation sites excluding steroid dienone is 1. The molecule has 0 fully saturated rings. The number of H-pyrrole nitrogens is 1. The number of hydrogen-bond acceptors (Lipinski definition) is 7. The van der Waals surface area contributed by atoms with Crippen LogP contribution in [0.4, 0.5) is 0 Å². The minimum atomic E-state index is -4.01. The van der Waals surface area contributed by atoms with Gasteiger partial charge in [0, 0.05) is 12.5 Å². The standard InChI is InChI=1S/C23H19N3O5S/c27-18(13-19(28)23-24-15-25-26-23)22-20(12-11-16-7-3-1-4-8-16)31-14-21(22)32(29,30)17-9-5-2-6-10-17/h1-10,13-15,27H,11-12H2,(H,24,25,26). The first-order chi connectivity index (χ1) is 15.5. The minimum Gasteiger partial charge on any atom is -0.507 e. The Morgan fingerprint density at radius 3 is 2.38 bits per heavy atom. The molecule has 0 bridgehead atoms. The fourth-order valence-electron chi connectivity index (χ4n) is 3.25. The number of hydrogen-bond donors (Lipinski definition) is 2. The summed E-state index contributed by atoms with van der Waals surface area (Å²) in [6, 6.07) is 17.4. The van der Waals surface area contributed by atoms with Crippen molar-refractivity contribution < 1.29 is 22.7 Å². The molecule has 0 aliphatic heterocycles. The van der Waals surface area contributed by atoms with Crippen molar-refractivity contribution in [1.29, 1.82) is 0 Å². The molecular formula is C23H19N3O5S. The topological polar surface area (TPSA) is 126 Å². The van der Waals surface area contributed by atoms with Crippen LogP contribution in [0.15, 0.2) is 93.5 Å². The molecule has 2 aromatic heterocycles. The number of carbonyl (C=O) groups excluding carboxylic acids is 1. The third-order valence-corrected chi connectivity index (χ3v) is 6.60. The van der Waals surface area contributed by atoms with Gasteiger partial charge in [-0.3, -0.25) is 9.89 Å². The molecule has 0 aliphatic carbocycles. The zero-order valence-corrected chi connectivity index (χ0v) is 17.6. The summed E-state index contributed by atoms with van der Waals surface area (Å²) >= 11 is 0. The molecule has 4 rings (SSSR count). The Balaban J connectivity index is 1.77. The fourth-order valence-corrected chi connectivity index (χ4v) is 4.68. The zero-order chi connectivity index (χ0) is 22.6. The van der Waals surface area contributed by atoms with Gasteiger partial charge in [-0.1, -0.05) is 48.5 Å². The van der Waals surface area contributed by atoms with Gasteiger partial charge in [0.2, 0.25) is 15.6 Å². The molecule has 8 nitrogen and oxygen atoms in total. The highest BCUT2D eigenvalue weighted by Crippen LogP contribution is 2.33. The molecule has 0 amide bonds. The normalized spacial score (nSPS) is 12.1. The van der Waals surface area contributed by atoms with E-state index in [0.29, 0.717) is 12.8 Å². The number of aryl methyl sites for hydroxylation is 2. The smallest absolute Gasteiger partial charge is 0.226 e. The van der Waals surface area contributed by atoms with Crippen molar-refractivity contribution in [2.24, 2.45) is 0 Å². The third kappa shape index (κ3) is 4.37. The van der Waals surface area contributed by atoms with Crippen molar-refractivity contribution in [2.45, 2.75) is 22.6 Å². The van der Waals surface area contributed by atoms with E-state index in [1.165, 1.54) is 12.1 Å². The lowest BCUT2D eigenvalue weighted by atomic mass is 10.1. The zero-order valence-electron chi connectivity index (χ0n) is 16.8. The Morgan fingerprint density at radius 2 is 1.72 bits per heavy atom. The molecule has 0 radical (unpaired) electrons. The van der Waals surface area contributed by atoms with Crippen LogP contribution in [-0.4, -0.2) is 34.5 Å². The first kappa shape index (κ1) is 21.3. The summed E-state index contributed by atoms with van der Waals surface area (Å²) in [5.41, 5.74) is 0.973. The van der Waals surface area contributed by atoms with Crippen molar-refractivity contribution in [3.8, 4) is 0 Å². The quantitative estimate of drug-likeness (QED) is 0.238. The predicted molar refractivity (Wildman–Crippen MR) is 116 cm³/mol. The number of aromatic nitrogens is 3. The Labute approximate surface area is 184 Å². The molecule has 0 unspecified atom stereocenters. The van der Waals surface area contributed by atoms with Crippen LogP contribution in [0.1, 0.15) is 27.5 Å². The number of carbonyl (C=O) groups is 1. The molecule has 9 heteroatoms. The highest BCUT2D eigenvalue weighted by Gasteiger charge is 2.29. The van der Waals surface area contributed by atoms with Gasteiger partial charge >= 0.3 is 0 Å². The molecule has 0 atom stereocenters. The number of aromatic amines is 1. The fraction of sp³-hybridized carbons (Fsp3) is 0.0870. The Kier molecular flexibility index (Phi) is 6.00. The van der Waals surface area contributed by atoms with Gasteiger partial charge in [-0.05, 0) is 24.1 Å². The van der Waals surface area contributed by atoms with Crippen molar-refractivity contribution in [3.05, 3.63) is 102 Å². The molecule has 0 spiro atoms. The molecule has 2 aromatic carbocycles. The van der Waals surface area contributed by atoms with Crippen LogP contribution in [0.25, 0.3) is 5.76 Å². The van der Waals surface area contributed by atoms with E-state index in [-0.39, 0.29) is 26.9 Å². The van der Waals surface area contributed by atoms with Gasteiger partial charge in [0.1, 0.15) is 29.0 Å². The van der Waals surface area contributed by atoms with Gasteiger partial charge < -0.3 is 9.52 Å². The second-order valence-corrected chi connectivity index (χ2v) is 8.85. The molecular weight excluding hydrogens is 430 g/mol. The summed E-state index contributed by atoms with van der Waals surface area (Å²) in [5.74, 6) is -1.02. The van der Waals surface area contributed by atoms with E-state index in [4.69, 9.17) is 4.42 Å². The van der Waals surface area contributed by atoms with E-state index in [0.717, 1.165) is 24.2 Å². The molecule has 4 aromatic rings. The molecule has 162 valence electrons. The first-order valence-electron chi connectivity index (χ1n) is 9.72. The average Bonchev–Trinajstić information content (AvgIpc) is 3.49. The maximum Gasteiger partial charge on any atom is 0.226 e. The summed E-state index contributed by atoms with van der Waals surface area (Å²) in [5, 5.41) is 16.8. The lowest BCUT2D eigenvalue weighted by Crippen LogP contribution is -2.06. The van der Waals surface area contributed by atoms with E-state index in [1.807, 2.05) is 30.3 Å². The van der Waals surface area contributed by atoms with Gasteiger partial charge in [-0.25, -0.2) is 13.4 Å². The lowest BCUT2D eigenvalue weighted by molar-refractivity contribution is 0.103. The SMILES string of the molecule is O=C(C=C(O)c1c(S(=O)(=O)c2ccccc2)coc1CCc1ccccc1)c1ncn[nH]1. The van der Waals surface area contributed by atoms with Gasteiger partial charge in [0.05, 0.1) is 10.5 Å². The highest BCUT2D eigenvalue weighted by atomic mass is 32.2. The number of nitrogens with zero attached hydrogens (tertiary/aromatic N) is 2. The lowest BCUT2D eigenvalue weighted by Gasteiger charge is -2.07. The van der Waals surface area contributed by atoms with E-state index in [9.17, 15) is 18.3 Å². The second kappa shape index (κ2) is 9.03. The number of aliphatic hydroxyl groups excluding tert-OH is 1. The average molecular weight is 449 g/mol. The van der Waals surface area contributed by atoms with Gasteiger partial charge in [0.15, 0.2) is 5.82 Å². The maximum atomic E-state index is 13.2. The minimum absolute atomic E-state index is 0.0438. The molecule has 2 heterocycles. The van der Waals surface area contributed by atoms with Crippen LogP contribution in [0.2, 0.25) is 0 Å². The molecule has 2 N–H and O–H groups in total. The Bertz CT molecular complexity index is 1340. The summed E-state index contributed by atoms with van der Waals surface area (Å²) in [7, 11) is -4.01. The Morgan fingerprint density at radius 1 is 1.03 bits per heavy atom. The van der Waals surface area contributed by atoms with Crippen molar-refractivity contribution >= 4 is 21.4 Å². The first-order valence-corrected chi connectivity index (χ1v) is 11.2. The van der Waals surface area contributed by atoms with E-state index >= 15 is 0 Å². The van der Waals surface area contributed by atoms with Crippen molar-refractivity contribution in [1.82, 2.24) is 15.2 Å². The van der Waals surface area contributed by atoms with Crippen LogP contribution in [0.3, 0.4) is 0 Å². The maximum absolute atomic E-state index is 13.2. The van der Waals surface area contributed by atoms with Crippen LogP contribution >= 0.6 is 0 Å². The largest absolute Gasteiger partial charge is 0.507 e. The second-order valence-electron chi connectivity index (χ2n) is 6.93. The van der Waals surface area contributed by atoms with Crippen molar-refractivity contribution in [3.63, 3.8) is 0 Å². The number of furan rings is 1. The van der Waals surface area contributed by atoms with Gasteiger partial charge in [-0.2, -0.15) is 5.10 Å². The summed E-state index contributed by atoms with van der Waals surface area (Å²) in [6.07, 6.45) is 4.03. The predicted octanol–water partition coefficient (Wildman–Crippen LogP) is 3.80. The molecule has 0 saturated carbocycles. The van der Waals surface area contributed by atoms with Gasteiger partial charge in [-0.15, -0.1) is 0 Å². The van der Waals surface area contributed by atoms with Crippen molar-refractivity contribution in [2.75, 3.05) is 0 Å². The van der Waals surface area contributed by atoms with Crippen LogP contribution in [-0.2, 0) is 22.7 Å². The number of sulfone groups is 1. The third-order valence-electron chi connectivity index (χ3n) is 4.83. The molecule has 0 saturated heterocycles. The highest BCUT2D eigenvalue weighted by molar-refractivity contribution is 7.91.